The molecule has 3 aliphatic heterocycles. The first-order valence-electron chi connectivity index (χ1n) is 7.03. The zero-order valence-electron chi connectivity index (χ0n) is 11.2. The van der Waals surface area contributed by atoms with Crippen LogP contribution in [-0.2, 0) is 4.74 Å². The van der Waals surface area contributed by atoms with E-state index < -0.39 is 0 Å². The van der Waals surface area contributed by atoms with Crippen molar-refractivity contribution in [2.75, 3.05) is 18.8 Å². The molecule has 4 nitrogen and oxygen atoms in total. The third kappa shape index (κ3) is 1.90. The van der Waals surface area contributed by atoms with Crippen molar-refractivity contribution in [2.24, 2.45) is 11.8 Å². The molecule has 0 aromatic heterocycles. The number of ether oxygens (including phenoxy) is 1. The number of nitrogen functional groups attached to an aromatic ring is 1. The third-order valence-electron chi connectivity index (χ3n) is 4.93. The normalized spacial score (nSPS) is 33.9. The van der Waals surface area contributed by atoms with Crippen molar-refractivity contribution in [3.8, 4) is 0 Å². The van der Waals surface area contributed by atoms with Crippen LogP contribution in [0.5, 0.6) is 0 Å². The fourth-order valence-electron chi connectivity index (χ4n) is 3.99. The van der Waals surface area contributed by atoms with E-state index in [9.17, 15) is 4.79 Å². The summed E-state index contributed by atoms with van der Waals surface area (Å²) in [5.41, 5.74) is 7.11. The summed E-state index contributed by atoms with van der Waals surface area (Å²) in [7, 11) is 0. The zero-order chi connectivity index (χ0) is 13.0. The summed E-state index contributed by atoms with van der Waals surface area (Å²) < 4.78 is 5.93. The Bertz CT molecular complexity index is 518. The molecule has 3 fully saturated rings. The van der Waals surface area contributed by atoms with E-state index >= 15 is 0 Å². The van der Waals surface area contributed by atoms with E-state index in [1.807, 2.05) is 23.1 Å². The quantitative estimate of drug-likeness (QED) is 0.805. The van der Waals surface area contributed by atoms with Gasteiger partial charge in [0.2, 0.25) is 0 Å². The van der Waals surface area contributed by atoms with Crippen LogP contribution in [0.1, 0.15) is 23.2 Å². The number of likely N-dealkylation sites (tertiary alicyclic amines) is 1. The number of carbonyl (C=O) groups excluding carboxylic acids is 1. The van der Waals surface area contributed by atoms with Gasteiger partial charge in [-0.15, -0.1) is 12.4 Å². The van der Waals surface area contributed by atoms with E-state index in [1.54, 1.807) is 6.07 Å². The van der Waals surface area contributed by atoms with Crippen LogP contribution in [-0.4, -0.2) is 36.1 Å². The van der Waals surface area contributed by atoms with Gasteiger partial charge in [0.05, 0.1) is 17.8 Å². The van der Waals surface area contributed by atoms with E-state index in [0.29, 0.717) is 35.3 Å². The molecule has 20 heavy (non-hydrogen) atoms. The number of nitrogens with two attached hydrogens (primary N) is 1. The maximum atomic E-state index is 12.5. The fraction of sp³-hybridized carbons (Fsp3) is 0.533. The van der Waals surface area contributed by atoms with E-state index in [4.69, 9.17) is 10.5 Å². The molecule has 0 radical (unpaired) electrons. The monoisotopic (exact) mass is 294 g/mol. The molecule has 2 N–H and O–H groups in total. The molecular formula is C15H19ClN2O2. The van der Waals surface area contributed by atoms with Crippen molar-refractivity contribution in [1.29, 1.82) is 0 Å². The molecule has 1 aromatic carbocycles. The van der Waals surface area contributed by atoms with Gasteiger partial charge in [-0.2, -0.15) is 0 Å². The highest BCUT2D eigenvalue weighted by atomic mass is 35.5. The number of carbonyl (C=O) groups is 1. The SMILES string of the molecule is Cl.Nc1ccccc1C(=O)N1CC2C3CCC(O3)C2C1. The number of halogens is 1. The van der Waals surface area contributed by atoms with Gasteiger partial charge in [0.1, 0.15) is 0 Å². The number of hydrogen-bond donors (Lipinski definition) is 1. The smallest absolute Gasteiger partial charge is 0.255 e. The maximum Gasteiger partial charge on any atom is 0.255 e. The van der Waals surface area contributed by atoms with Gasteiger partial charge in [0.25, 0.3) is 5.91 Å². The minimum absolute atomic E-state index is 0. The summed E-state index contributed by atoms with van der Waals surface area (Å²) in [5.74, 6) is 1.17. The number of para-hydroxylation sites is 1. The number of amides is 1. The second kappa shape index (κ2) is 4.93. The van der Waals surface area contributed by atoms with Crippen LogP contribution >= 0.6 is 12.4 Å². The van der Waals surface area contributed by atoms with Crippen LogP contribution < -0.4 is 5.73 Å². The Kier molecular flexibility index (Phi) is 3.38. The van der Waals surface area contributed by atoms with Crippen LogP contribution in [0.4, 0.5) is 5.69 Å². The number of fused-ring (bicyclic) bond motifs is 5. The standard InChI is InChI=1S/C15H18N2O2.ClH/c16-12-4-2-1-3-9(12)15(18)17-7-10-11(8-17)14-6-5-13(10)19-14;/h1-4,10-11,13-14H,5-8,16H2;1H. The highest BCUT2D eigenvalue weighted by Gasteiger charge is 2.53. The topological polar surface area (TPSA) is 55.6 Å². The Morgan fingerprint density at radius 3 is 2.35 bits per heavy atom. The molecule has 5 heteroatoms. The summed E-state index contributed by atoms with van der Waals surface area (Å²) in [5, 5.41) is 0. The number of benzene rings is 1. The molecule has 3 heterocycles. The summed E-state index contributed by atoms with van der Waals surface area (Å²) >= 11 is 0. The van der Waals surface area contributed by atoms with Gasteiger partial charge in [-0.25, -0.2) is 0 Å². The van der Waals surface area contributed by atoms with Gasteiger partial charge in [-0.05, 0) is 25.0 Å². The second-order valence-corrected chi connectivity index (χ2v) is 5.92. The number of nitrogens with zero attached hydrogens (tertiary/aromatic N) is 1. The third-order valence-corrected chi connectivity index (χ3v) is 4.93. The maximum absolute atomic E-state index is 12.5. The molecule has 3 aliphatic rings. The summed E-state index contributed by atoms with van der Waals surface area (Å²) in [6, 6.07) is 7.33. The molecule has 4 atom stereocenters. The molecule has 1 amide bonds. The van der Waals surface area contributed by atoms with Crippen LogP contribution in [0.25, 0.3) is 0 Å². The average Bonchev–Trinajstić information content (AvgIpc) is 3.10. The Morgan fingerprint density at radius 1 is 1.15 bits per heavy atom. The highest BCUT2D eigenvalue weighted by molar-refractivity contribution is 5.99. The lowest BCUT2D eigenvalue weighted by atomic mass is 9.82. The van der Waals surface area contributed by atoms with Crippen molar-refractivity contribution < 1.29 is 9.53 Å². The van der Waals surface area contributed by atoms with Gasteiger partial charge < -0.3 is 15.4 Å². The van der Waals surface area contributed by atoms with Gasteiger partial charge in [0.15, 0.2) is 0 Å². The minimum atomic E-state index is 0. The largest absolute Gasteiger partial charge is 0.398 e. The van der Waals surface area contributed by atoms with Crippen LogP contribution in [0.2, 0.25) is 0 Å². The van der Waals surface area contributed by atoms with Crippen molar-refractivity contribution in [1.82, 2.24) is 4.90 Å². The van der Waals surface area contributed by atoms with Gasteiger partial charge in [0, 0.05) is 30.6 Å². The van der Waals surface area contributed by atoms with E-state index in [0.717, 1.165) is 13.1 Å². The zero-order valence-corrected chi connectivity index (χ0v) is 12.0. The number of hydrogen-bond acceptors (Lipinski definition) is 3. The minimum Gasteiger partial charge on any atom is -0.398 e. The van der Waals surface area contributed by atoms with Gasteiger partial charge >= 0.3 is 0 Å². The average molecular weight is 295 g/mol. The summed E-state index contributed by atoms with van der Waals surface area (Å²) in [6.07, 6.45) is 3.12. The molecule has 1 aromatic rings. The number of anilines is 1. The predicted octanol–water partition coefficient (Wildman–Crippen LogP) is 1.94. The first kappa shape index (κ1) is 13.7. The van der Waals surface area contributed by atoms with E-state index in [1.165, 1.54) is 12.8 Å². The van der Waals surface area contributed by atoms with Crippen LogP contribution in [0.15, 0.2) is 24.3 Å². The van der Waals surface area contributed by atoms with E-state index in [-0.39, 0.29) is 18.3 Å². The Hall–Kier alpha value is -1.26. The molecule has 0 aliphatic carbocycles. The van der Waals surface area contributed by atoms with Gasteiger partial charge in [-0.3, -0.25) is 4.79 Å². The Balaban J connectivity index is 0.00000121. The number of rotatable bonds is 1. The lowest BCUT2D eigenvalue weighted by molar-refractivity contribution is 0.0595. The lowest BCUT2D eigenvalue weighted by Gasteiger charge is -2.19. The van der Waals surface area contributed by atoms with E-state index in [2.05, 4.69) is 0 Å². The molecule has 0 spiro atoms. The molecule has 108 valence electrons. The van der Waals surface area contributed by atoms with Crippen molar-refractivity contribution in [3.63, 3.8) is 0 Å². The molecular weight excluding hydrogens is 276 g/mol. The molecule has 4 rings (SSSR count). The van der Waals surface area contributed by atoms with Gasteiger partial charge in [-0.1, -0.05) is 12.1 Å². The molecule has 2 bridgehead atoms. The molecule has 4 unspecified atom stereocenters. The van der Waals surface area contributed by atoms with Crippen LogP contribution in [0, 0.1) is 11.8 Å². The summed E-state index contributed by atoms with van der Waals surface area (Å²) in [6.45, 7) is 1.66. The van der Waals surface area contributed by atoms with Crippen molar-refractivity contribution >= 4 is 24.0 Å². The first-order valence-corrected chi connectivity index (χ1v) is 7.03. The Labute approximate surface area is 124 Å². The first-order chi connectivity index (χ1) is 9.24. The van der Waals surface area contributed by atoms with Crippen LogP contribution in [0.3, 0.4) is 0 Å². The molecule has 3 saturated heterocycles. The van der Waals surface area contributed by atoms with Crippen molar-refractivity contribution in [3.05, 3.63) is 29.8 Å². The van der Waals surface area contributed by atoms with Crippen molar-refractivity contribution in [2.45, 2.75) is 25.0 Å². The molecule has 0 saturated carbocycles. The second-order valence-electron chi connectivity index (χ2n) is 5.92. The highest BCUT2D eigenvalue weighted by Crippen LogP contribution is 2.47. The lowest BCUT2D eigenvalue weighted by Crippen LogP contribution is -2.31. The fourth-order valence-corrected chi connectivity index (χ4v) is 3.99. The summed E-state index contributed by atoms with van der Waals surface area (Å²) in [4.78, 5) is 14.5. The Morgan fingerprint density at radius 2 is 1.75 bits per heavy atom. The predicted molar refractivity (Wildman–Crippen MR) is 78.9 cm³/mol.